The molecule has 2 amide bonds. The molecular weight excluding hydrogens is 484 g/mol. The summed E-state index contributed by atoms with van der Waals surface area (Å²) in [5.41, 5.74) is -0.0767. The first-order chi connectivity index (χ1) is 17.4. The summed E-state index contributed by atoms with van der Waals surface area (Å²) in [5.74, 6) is 0.100. The van der Waals surface area contributed by atoms with E-state index in [0.717, 1.165) is 4.57 Å². The second-order valence-electron chi connectivity index (χ2n) is 8.21. The van der Waals surface area contributed by atoms with Crippen LogP contribution in [0.3, 0.4) is 0 Å². The number of benzene rings is 2. The third kappa shape index (κ3) is 6.11. The molecule has 0 aliphatic carbocycles. The van der Waals surface area contributed by atoms with Gasteiger partial charge in [0.25, 0.3) is 5.56 Å². The molecule has 0 fully saturated rings. The Bertz CT molecular complexity index is 1470. The molecule has 0 bridgehead atoms. The number of para-hydroxylation sites is 1. The Morgan fingerprint density at radius 2 is 1.67 bits per heavy atom. The number of nitrogens with zero attached hydrogens (tertiary/aromatic N) is 2. The molecule has 2 aromatic carbocycles. The van der Waals surface area contributed by atoms with Crippen LogP contribution < -0.4 is 21.9 Å². The van der Waals surface area contributed by atoms with Crippen LogP contribution in [0.5, 0.6) is 0 Å². The number of carbonyl (C=O) groups is 2. The molecule has 0 spiro atoms. The van der Waals surface area contributed by atoms with Crippen molar-refractivity contribution in [1.82, 2.24) is 14.5 Å². The Balaban J connectivity index is 1.45. The maximum absolute atomic E-state index is 13.2. The van der Waals surface area contributed by atoms with Crippen molar-refractivity contribution in [2.45, 2.75) is 38.9 Å². The normalized spacial score (nSPS) is 10.9. The molecule has 4 rings (SSSR count). The van der Waals surface area contributed by atoms with E-state index in [0.29, 0.717) is 46.8 Å². The first-order valence-electron chi connectivity index (χ1n) is 11.5. The molecule has 9 nitrogen and oxygen atoms in total. The van der Waals surface area contributed by atoms with Crippen molar-refractivity contribution in [1.29, 1.82) is 0 Å². The first kappa shape index (κ1) is 25.0. The van der Waals surface area contributed by atoms with Gasteiger partial charge in [-0.1, -0.05) is 23.7 Å². The lowest BCUT2D eigenvalue weighted by molar-refractivity contribution is -0.121. The van der Waals surface area contributed by atoms with E-state index in [2.05, 4.69) is 10.6 Å². The zero-order valence-electron chi connectivity index (χ0n) is 19.4. The van der Waals surface area contributed by atoms with Crippen molar-refractivity contribution in [3.05, 3.63) is 98.5 Å². The van der Waals surface area contributed by atoms with E-state index >= 15 is 0 Å². The lowest BCUT2D eigenvalue weighted by Gasteiger charge is -2.14. The van der Waals surface area contributed by atoms with Gasteiger partial charge in [-0.25, -0.2) is 4.79 Å². The summed E-state index contributed by atoms with van der Waals surface area (Å²) in [7, 11) is 0. The Labute approximate surface area is 211 Å². The van der Waals surface area contributed by atoms with Gasteiger partial charge in [0.1, 0.15) is 12.3 Å². The predicted molar refractivity (Wildman–Crippen MR) is 137 cm³/mol. The molecular formula is C26H25ClN4O5. The highest BCUT2D eigenvalue weighted by molar-refractivity contribution is 6.30. The number of halogens is 1. The topological polar surface area (TPSA) is 115 Å². The van der Waals surface area contributed by atoms with Crippen LogP contribution in [0.4, 0.5) is 5.69 Å². The highest BCUT2D eigenvalue weighted by atomic mass is 35.5. The summed E-state index contributed by atoms with van der Waals surface area (Å²) in [6.07, 6.45) is 2.72. The van der Waals surface area contributed by atoms with E-state index in [4.69, 9.17) is 16.0 Å². The molecule has 2 heterocycles. The highest BCUT2D eigenvalue weighted by Crippen LogP contribution is 2.14. The second kappa shape index (κ2) is 11.5. The van der Waals surface area contributed by atoms with Crippen LogP contribution in [0, 0.1) is 0 Å². The maximum Gasteiger partial charge on any atom is 0.331 e. The molecule has 0 unspecified atom stereocenters. The number of amides is 2. The van der Waals surface area contributed by atoms with E-state index in [1.165, 1.54) is 10.8 Å². The van der Waals surface area contributed by atoms with Gasteiger partial charge in [-0.05, 0) is 61.4 Å². The van der Waals surface area contributed by atoms with Crippen molar-refractivity contribution in [3.63, 3.8) is 0 Å². The smallest absolute Gasteiger partial charge is 0.331 e. The van der Waals surface area contributed by atoms with Crippen LogP contribution in [0.1, 0.15) is 25.0 Å². The first-order valence-corrected chi connectivity index (χ1v) is 11.9. The van der Waals surface area contributed by atoms with Crippen LogP contribution in [0.2, 0.25) is 5.02 Å². The molecule has 0 saturated heterocycles. The van der Waals surface area contributed by atoms with Crippen molar-refractivity contribution < 1.29 is 14.0 Å². The molecule has 0 aliphatic heterocycles. The number of unbranched alkanes of at least 4 members (excludes halogenated alkanes) is 1. The number of fused-ring (bicyclic) bond motifs is 1. The van der Waals surface area contributed by atoms with Crippen molar-refractivity contribution in [2.75, 3.05) is 5.32 Å². The molecule has 2 aromatic heterocycles. The fraction of sp³-hybridized carbons (Fsp3) is 0.231. The third-order valence-corrected chi connectivity index (χ3v) is 5.89. The number of hydrogen-bond donors (Lipinski definition) is 2. The summed E-state index contributed by atoms with van der Waals surface area (Å²) >= 11 is 5.89. The second-order valence-corrected chi connectivity index (χ2v) is 8.65. The number of rotatable bonds is 10. The summed E-state index contributed by atoms with van der Waals surface area (Å²) in [5, 5.41) is 6.38. The molecule has 2 N–H and O–H groups in total. The van der Waals surface area contributed by atoms with Gasteiger partial charge in [-0.2, -0.15) is 0 Å². The van der Waals surface area contributed by atoms with E-state index in [9.17, 15) is 19.2 Å². The Morgan fingerprint density at radius 3 is 2.42 bits per heavy atom. The number of furan rings is 1. The maximum atomic E-state index is 13.2. The molecule has 0 atom stereocenters. The summed E-state index contributed by atoms with van der Waals surface area (Å²) in [4.78, 5) is 51.0. The van der Waals surface area contributed by atoms with Crippen LogP contribution >= 0.6 is 11.6 Å². The minimum atomic E-state index is -0.577. The SMILES string of the molecule is O=C(CCCCn1c(=O)c2ccccc2n(CC(=O)Nc2ccc(Cl)cc2)c1=O)NCc1ccco1. The predicted octanol–water partition coefficient (Wildman–Crippen LogP) is 3.54. The Kier molecular flexibility index (Phi) is 8.02. The third-order valence-electron chi connectivity index (χ3n) is 5.64. The average molecular weight is 509 g/mol. The van der Waals surface area contributed by atoms with Crippen molar-refractivity contribution in [3.8, 4) is 0 Å². The minimum Gasteiger partial charge on any atom is -0.467 e. The van der Waals surface area contributed by atoms with E-state index in [1.807, 2.05) is 0 Å². The van der Waals surface area contributed by atoms with Gasteiger partial charge < -0.3 is 15.1 Å². The lowest BCUT2D eigenvalue weighted by atomic mass is 10.2. The van der Waals surface area contributed by atoms with Crippen LogP contribution in [0.15, 0.2) is 80.9 Å². The molecule has 0 radical (unpaired) electrons. The molecule has 4 aromatic rings. The molecule has 186 valence electrons. The highest BCUT2D eigenvalue weighted by Gasteiger charge is 2.15. The Hall–Kier alpha value is -4.11. The van der Waals surface area contributed by atoms with E-state index < -0.39 is 17.2 Å². The molecule has 10 heteroatoms. The monoisotopic (exact) mass is 508 g/mol. The Morgan fingerprint density at radius 1 is 0.889 bits per heavy atom. The number of carbonyl (C=O) groups excluding carboxylic acids is 2. The summed E-state index contributed by atoms with van der Waals surface area (Å²) < 4.78 is 7.60. The fourth-order valence-electron chi connectivity index (χ4n) is 3.84. The molecule has 0 aliphatic rings. The molecule has 36 heavy (non-hydrogen) atoms. The fourth-order valence-corrected chi connectivity index (χ4v) is 3.97. The quantitative estimate of drug-likeness (QED) is 0.318. The van der Waals surface area contributed by atoms with Crippen molar-refractivity contribution >= 4 is 40.0 Å². The van der Waals surface area contributed by atoms with Gasteiger partial charge in [0.05, 0.1) is 23.7 Å². The van der Waals surface area contributed by atoms with Crippen molar-refractivity contribution in [2.24, 2.45) is 0 Å². The number of aromatic nitrogens is 2. The van der Waals surface area contributed by atoms with Gasteiger partial charge in [-0.15, -0.1) is 0 Å². The lowest BCUT2D eigenvalue weighted by Crippen LogP contribution is -2.41. The van der Waals surface area contributed by atoms with Crippen LogP contribution in [-0.4, -0.2) is 20.9 Å². The average Bonchev–Trinajstić information content (AvgIpc) is 3.40. The molecule has 0 saturated carbocycles. The van der Waals surface area contributed by atoms with Crippen LogP contribution in [-0.2, 0) is 29.2 Å². The zero-order chi connectivity index (χ0) is 25.5. The van der Waals surface area contributed by atoms with Crippen LogP contribution in [0.25, 0.3) is 10.9 Å². The largest absolute Gasteiger partial charge is 0.467 e. The summed E-state index contributed by atoms with van der Waals surface area (Å²) in [6, 6.07) is 16.8. The number of anilines is 1. The van der Waals surface area contributed by atoms with Gasteiger partial charge in [-0.3, -0.25) is 23.5 Å². The standard InChI is InChI=1S/C26H25ClN4O5/c27-18-10-12-19(13-11-18)29-24(33)17-31-22-8-2-1-7-21(22)25(34)30(26(31)35)14-4-3-9-23(32)28-16-20-6-5-15-36-20/h1-2,5-8,10-13,15H,3-4,9,14,16-17H2,(H,28,32)(H,29,33). The summed E-state index contributed by atoms with van der Waals surface area (Å²) in [6.45, 7) is 0.170. The van der Waals surface area contributed by atoms with E-state index in [-0.39, 0.29) is 25.4 Å². The van der Waals surface area contributed by atoms with Gasteiger partial charge >= 0.3 is 5.69 Å². The zero-order valence-corrected chi connectivity index (χ0v) is 20.2. The number of nitrogens with one attached hydrogen (secondary N) is 2. The number of hydrogen-bond acceptors (Lipinski definition) is 5. The van der Waals surface area contributed by atoms with E-state index in [1.54, 1.807) is 60.7 Å². The van der Waals surface area contributed by atoms with Gasteiger partial charge in [0, 0.05) is 23.7 Å². The van der Waals surface area contributed by atoms with Gasteiger partial charge in [0.2, 0.25) is 11.8 Å². The van der Waals surface area contributed by atoms with Gasteiger partial charge in [0.15, 0.2) is 0 Å². The minimum absolute atomic E-state index is 0.132.